The number of hydrogen-bond donors (Lipinski definition) is 1. The summed E-state index contributed by atoms with van der Waals surface area (Å²) in [5, 5.41) is 0. The van der Waals surface area contributed by atoms with Crippen molar-refractivity contribution in [3.63, 3.8) is 0 Å². The van der Waals surface area contributed by atoms with Crippen molar-refractivity contribution in [2.45, 2.75) is 116 Å². The van der Waals surface area contributed by atoms with Crippen LogP contribution in [0.5, 0.6) is 5.75 Å². The summed E-state index contributed by atoms with van der Waals surface area (Å²) >= 11 is 0. The number of unbranched alkanes of at least 4 members (excludes halogenated alkanes) is 7. The maximum Gasteiger partial charge on any atom is 0.244 e. The van der Waals surface area contributed by atoms with Crippen molar-refractivity contribution in [3.05, 3.63) is 23.8 Å². The Morgan fingerprint density at radius 1 is 0.867 bits per heavy atom. The van der Waals surface area contributed by atoms with Crippen molar-refractivity contribution in [2.75, 3.05) is 13.2 Å². The average molecular weight is 440 g/mol. The van der Waals surface area contributed by atoms with Crippen LogP contribution in [0.25, 0.3) is 0 Å². The van der Waals surface area contributed by atoms with E-state index in [9.17, 15) is 8.42 Å². The Morgan fingerprint density at radius 3 is 2.17 bits per heavy atom. The minimum absolute atomic E-state index is 0.0675. The maximum absolute atomic E-state index is 13.0. The zero-order valence-corrected chi connectivity index (χ0v) is 20.9. The summed E-state index contributed by atoms with van der Waals surface area (Å²) in [4.78, 5) is 0.281. The van der Waals surface area contributed by atoms with E-state index in [4.69, 9.17) is 4.74 Å². The molecular formula is C25H45NO3S. The Bertz CT molecular complexity index is 698. The lowest BCUT2D eigenvalue weighted by atomic mass is 9.80. The lowest BCUT2D eigenvalue weighted by Gasteiger charge is -2.26. The molecule has 0 unspecified atom stereocenters. The highest BCUT2D eigenvalue weighted by atomic mass is 32.2. The van der Waals surface area contributed by atoms with Gasteiger partial charge in [-0.2, -0.15) is 0 Å². The largest absolute Gasteiger partial charge is 0.492 e. The molecule has 174 valence electrons. The number of rotatable bonds is 17. The third kappa shape index (κ3) is 9.38. The Morgan fingerprint density at radius 2 is 1.50 bits per heavy atom. The first kappa shape index (κ1) is 27.0. The third-order valence-electron chi connectivity index (χ3n) is 5.72. The lowest BCUT2D eigenvalue weighted by Crippen LogP contribution is -2.26. The molecule has 0 radical (unpaired) electrons. The van der Waals surface area contributed by atoms with Crippen molar-refractivity contribution < 1.29 is 13.2 Å². The second-order valence-electron chi connectivity index (χ2n) is 9.02. The van der Waals surface area contributed by atoms with Gasteiger partial charge in [-0.3, -0.25) is 0 Å². The van der Waals surface area contributed by atoms with Crippen LogP contribution < -0.4 is 9.46 Å². The smallest absolute Gasteiger partial charge is 0.244 e. The Kier molecular flexibility index (Phi) is 12.7. The molecule has 0 aliphatic rings. The zero-order chi connectivity index (χ0) is 22.5. The lowest BCUT2D eigenvalue weighted by molar-refractivity contribution is 0.296. The molecule has 0 saturated carbocycles. The Labute approximate surface area is 186 Å². The minimum Gasteiger partial charge on any atom is -0.492 e. The summed E-state index contributed by atoms with van der Waals surface area (Å²) in [6, 6.07) is 5.73. The van der Waals surface area contributed by atoms with Gasteiger partial charge in [0.1, 0.15) is 10.6 Å². The molecule has 1 N–H and O–H groups in total. The number of sulfonamides is 1. The molecule has 0 atom stereocenters. The first-order valence-corrected chi connectivity index (χ1v) is 13.5. The highest BCUT2D eigenvalue weighted by Gasteiger charge is 2.26. The normalized spacial score (nSPS) is 12.3. The third-order valence-corrected chi connectivity index (χ3v) is 7.20. The van der Waals surface area contributed by atoms with Crippen molar-refractivity contribution in [1.82, 2.24) is 4.72 Å². The van der Waals surface area contributed by atoms with Gasteiger partial charge in [-0.15, -0.1) is 0 Å². The van der Waals surface area contributed by atoms with Crippen molar-refractivity contribution in [2.24, 2.45) is 0 Å². The van der Waals surface area contributed by atoms with Crippen LogP contribution in [-0.2, 0) is 15.4 Å². The molecular weight excluding hydrogens is 394 g/mol. The maximum atomic E-state index is 13.0. The Hall–Kier alpha value is -1.07. The van der Waals surface area contributed by atoms with E-state index < -0.39 is 10.0 Å². The van der Waals surface area contributed by atoms with E-state index in [0.717, 1.165) is 37.7 Å². The summed E-state index contributed by atoms with van der Waals surface area (Å²) in [7, 11) is -3.59. The number of ether oxygens (including phenoxy) is 1. The fraction of sp³-hybridized carbons (Fsp3) is 0.760. The van der Waals surface area contributed by atoms with Gasteiger partial charge in [0, 0.05) is 6.54 Å². The van der Waals surface area contributed by atoms with Gasteiger partial charge in [0.05, 0.1) is 6.61 Å². The van der Waals surface area contributed by atoms with Crippen LogP contribution >= 0.6 is 0 Å². The Balaban J connectivity index is 2.96. The molecule has 30 heavy (non-hydrogen) atoms. The molecule has 1 aromatic rings. The fourth-order valence-corrected chi connectivity index (χ4v) is 4.90. The van der Waals surface area contributed by atoms with E-state index in [1.54, 1.807) is 0 Å². The number of nitrogens with one attached hydrogen (secondary N) is 1. The van der Waals surface area contributed by atoms with Crippen LogP contribution in [0.2, 0.25) is 0 Å². The van der Waals surface area contributed by atoms with E-state index in [-0.39, 0.29) is 10.3 Å². The van der Waals surface area contributed by atoms with Gasteiger partial charge in [0.2, 0.25) is 10.0 Å². The van der Waals surface area contributed by atoms with Crippen LogP contribution in [0.3, 0.4) is 0 Å². The van der Waals surface area contributed by atoms with E-state index in [1.807, 2.05) is 25.1 Å². The number of benzene rings is 1. The molecule has 0 spiro atoms. The van der Waals surface area contributed by atoms with Gasteiger partial charge in [0.25, 0.3) is 0 Å². The summed E-state index contributed by atoms with van der Waals surface area (Å²) in [6.45, 7) is 11.8. The fourth-order valence-electron chi connectivity index (χ4n) is 3.60. The molecule has 0 aliphatic carbocycles. The molecule has 0 aromatic heterocycles. The molecule has 0 heterocycles. The van der Waals surface area contributed by atoms with Crippen LogP contribution in [0.1, 0.15) is 111 Å². The van der Waals surface area contributed by atoms with Crippen molar-refractivity contribution in [1.29, 1.82) is 0 Å². The highest BCUT2D eigenvalue weighted by Crippen LogP contribution is 2.34. The van der Waals surface area contributed by atoms with E-state index in [1.165, 1.54) is 38.5 Å². The highest BCUT2D eigenvalue weighted by molar-refractivity contribution is 7.89. The van der Waals surface area contributed by atoms with Crippen LogP contribution in [-0.4, -0.2) is 21.6 Å². The molecule has 0 bridgehead atoms. The summed E-state index contributed by atoms with van der Waals surface area (Å²) in [6.07, 6.45) is 12.4. The standard InChI is InChI=1S/C25H45NO3S/c1-6-9-11-12-13-15-20-29-23-17-16-22(25(4,5)18-14-10-7-2)21-24(23)30(27,28)26-19-8-3/h16-17,21,26H,6-15,18-20H2,1-5H3. The van der Waals surface area contributed by atoms with E-state index in [2.05, 4.69) is 32.4 Å². The van der Waals surface area contributed by atoms with Crippen molar-refractivity contribution >= 4 is 10.0 Å². The second kappa shape index (κ2) is 14.1. The molecule has 5 heteroatoms. The molecule has 0 fully saturated rings. The quantitative estimate of drug-likeness (QED) is 0.267. The molecule has 0 saturated heterocycles. The summed E-state index contributed by atoms with van der Waals surface area (Å²) in [5.41, 5.74) is 0.990. The van der Waals surface area contributed by atoms with Gasteiger partial charge < -0.3 is 4.74 Å². The topological polar surface area (TPSA) is 55.4 Å². The second-order valence-corrected chi connectivity index (χ2v) is 10.8. The molecule has 0 amide bonds. The molecule has 0 aliphatic heterocycles. The number of hydrogen-bond acceptors (Lipinski definition) is 3. The van der Waals surface area contributed by atoms with Gasteiger partial charge in [-0.1, -0.05) is 92.1 Å². The van der Waals surface area contributed by atoms with Gasteiger partial charge >= 0.3 is 0 Å². The predicted octanol–water partition coefficient (Wildman–Crippen LogP) is 6.97. The zero-order valence-electron chi connectivity index (χ0n) is 20.1. The van der Waals surface area contributed by atoms with Gasteiger partial charge in [-0.05, 0) is 42.4 Å². The van der Waals surface area contributed by atoms with E-state index >= 15 is 0 Å². The monoisotopic (exact) mass is 439 g/mol. The summed E-state index contributed by atoms with van der Waals surface area (Å²) < 4.78 is 34.6. The van der Waals surface area contributed by atoms with Crippen molar-refractivity contribution in [3.8, 4) is 5.75 Å². The predicted molar refractivity (Wildman–Crippen MR) is 128 cm³/mol. The van der Waals surface area contributed by atoms with E-state index in [0.29, 0.717) is 18.9 Å². The SMILES string of the molecule is CCCCCCCCOc1ccc(C(C)(C)CCCCC)cc1S(=O)(=O)NCCC. The first-order valence-electron chi connectivity index (χ1n) is 12.1. The first-order chi connectivity index (χ1) is 14.3. The van der Waals surface area contributed by atoms with Gasteiger partial charge in [0.15, 0.2) is 0 Å². The van der Waals surface area contributed by atoms with Crippen LogP contribution in [0.4, 0.5) is 0 Å². The molecule has 4 nitrogen and oxygen atoms in total. The molecule has 1 rings (SSSR count). The minimum atomic E-state index is -3.59. The average Bonchev–Trinajstić information content (AvgIpc) is 2.71. The van der Waals surface area contributed by atoms with Crippen LogP contribution in [0.15, 0.2) is 23.1 Å². The van der Waals surface area contributed by atoms with Crippen LogP contribution in [0, 0.1) is 0 Å². The molecule has 1 aromatic carbocycles. The van der Waals surface area contributed by atoms with Gasteiger partial charge in [-0.25, -0.2) is 13.1 Å². The summed E-state index contributed by atoms with van der Waals surface area (Å²) in [5.74, 6) is 0.472.